The summed E-state index contributed by atoms with van der Waals surface area (Å²) in [5.41, 5.74) is 0.781. The Hall–Kier alpha value is -1.89. The number of carbonyl (C=O) groups excluding carboxylic acids is 1. The fourth-order valence-electron chi connectivity index (χ4n) is 2.85. The molecule has 25 heavy (non-hydrogen) atoms. The Morgan fingerprint density at radius 2 is 2.00 bits per heavy atom. The lowest BCUT2D eigenvalue weighted by molar-refractivity contribution is -0.120. The Labute approximate surface area is 150 Å². The fourth-order valence-corrected chi connectivity index (χ4v) is 3.97. The number of amides is 1. The number of halogens is 1. The molecule has 1 aromatic carbocycles. The van der Waals surface area contributed by atoms with Crippen LogP contribution in [0.5, 0.6) is 0 Å². The summed E-state index contributed by atoms with van der Waals surface area (Å²) in [6, 6.07) is 6.42. The molecule has 2 aliphatic carbocycles. The number of rotatable bonds is 7. The van der Waals surface area contributed by atoms with Crippen LogP contribution in [0.1, 0.15) is 55.2 Å². The highest BCUT2D eigenvalue weighted by atomic mass is 32.2. The Balaban J connectivity index is 1.61. The van der Waals surface area contributed by atoms with Gasteiger partial charge in [0.25, 0.3) is 0 Å². The third-order valence-electron chi connectivity index (χ3n) is 4.56. The molecule has 1 aromatic heterocycles. The first-order chi connectivity index (χ1) is 12.2. The van der Waals surface area contributed by atoms with Gasteiger partial charge in [-0.15, -0.1) is 10.2 Å². The van der Waals surface area contributed by atoms with E-state index in [0.29, 0.717) is 5.92 Å². The lowest BCUT2D eigenvalue weighted by atomic mass is 10.1. The van der Waals surface area contributed by atoms with Crippen LogP contribution in [-0.4, -0.2) is 26.7 Å². The van der Waals surface area contributed by atoms with Gasteiger partial charge < -0.3 is 9.88 Å². The Kier molecular flexibility index (Phi) is 4.50. The van der Waals surface area contributed by atoms with Gasteiger partial charge in [-0.2, -0.15) is 0 Å². The average Bonchev–Trinajstić information content (AvgIpc) is 3.53. The SMILES string of the molecule is CCn1c(SC(C(=O)NC2CC2)c2ccc(F)cc2)nnc1C1CC1. The molecule has 0 radical (unpaired) electrons. The largest absolute Gasteiger partial charge is 0.352 e. The smallest absolute Gasteiger partial charge is 0.238 e. The van der Waals surface area contributed by atoms with Crippen molar-refractivity contribution in [3.05, 3.63) is 41.5 Å². The topological polar surface area (TPSA) is 59.8 Å². The molecule has 0 spiro atoms. The second kappa shape index (κ2) is 6.78. The lowest BCUT2D eigenvalue weighted by Gasteiger charge is -2.17. The zero-order valence-corrected chi connectivity index (χ0v) is 14.9. The number of aromatic nitrogens is 3. The monoisotopic (exact) mass is 360 g/mol. The highest BCUT2D eigenvalue weighted by Crippen LogP contribution is 2.42. The molecule has 4 rings (SSSR count). The zero-order valence-electron chi connectivity index (χ0n) is 14.1. The van der Waals surface area contributed by atoms with E-state index < -0.39 is 5.25 Å². The van der Waals surface area contributed by atoms with Crippen LogP contribution in [0.3, 0.4) is 0 Å². The van der Waals surface area contributed by atoms with Crippen LogP contribution < -0.4 is 5.32 Å². The summed E-state index contributed by atoms with van der Waals surface area (Å²) >= 11 is 1.40. The van der Waals surface area contributed by atoms with Crippen molar-refractivity contribution in [1.29, 1.82) is 0 Å². The molecule has 0 bridgehead atoms. The van der Waals surface area contributed by atoms with Crippen molar-refractivity contribution in [3.8, 4) is 0 Å². The van der Waals surface area contributed by atoms with E-state index >= 15 is 0 Å². The molecule has 1 atom stereocenters. The number of nitrogens with zero attached hydrogens (tertiary/aromatic N) is 3. The minimum absolute atomic E-state index is 0.0438. The molecule has 1 heterocycles. The fraction of sp³-hybridized carbons (Fsp3) is 0.500. The van der Waals surface area contributed by atoms with Crippen molar-refractivity contribution in [2.75, 3.05) is 0 Å². The predicted molar refractivity (Wildman–Crippen MR) is 93.8 cm³/mol. The first-order valence-corrected chi connectivity index (χ1v) is 9.69. The summed E-state index contributed by atoms with van der Waals surface area (Å²) in [4.78, 5) is 12.8. The molecule has 7 heteroatoms. The van der Waals surface area contributed by atoms with Crippen LogP contribution in [0.2, 0.25) is 0 Å². The molecule has 0 saturated heterocycles. The van der Waals surface area contributed by atoms with Gasteiger partial charge in [0.15, 0.2) is 5.16 Å². The number of hydrogen-bond acceptors (Lipinski definition) is 4. The van der Waals surface area contributed by atoms with Crippen molar-refractivity contribution >= 4 is 17.7 Å². The highest BCUT2D eigenvalue weighted by molar-refractivity contribution is 8.00. The van der Waals surface area contributed by atoms with Gasteiger partial charge in [0.05, 0.1) is 0 Å². The van der Waals surface area contributed by atoms with Gasteiger partial charge in [0.1, 0.15) is 16.9 Å². The number of benzene rings is 1. The Morgan fingerprint density at radius 3 is 2.60 bits per heavy atom. The van der Waals surface area contributed by atoms with Crippen LogP contribution in [0.25, 0.3) is 0 Å². The van der Waals surface area contributed by atoms with Crippen molar-refractivity contribution in [2.24, 2.45) is 0 Å². The first kappa shape index (κ1) is 16.6. The van der Waals surface area contributed by atoms with Gasteiger partial charge in [0, 0.05) is 18.5 Å². The van der Waals surface area contributed by atoms with E-state index in [1.165, 1.54) is 23.9 Å². The summed E-state index contributed by atoms with van der Waals surface area (Å²) < 4.78 is 15.4. The Morgan fingerprint density at radius 1 is 1.28 bits per heavy atom. The molecule has 1 amide bonds. The van der Waals surface area contributed by atoms with Gasteiger partial charge in [-0.1, -0.05) is 23.9 Å². The predicted octanol–water partition coefficient (Wildman–Crippen LogP) is 3.43. The van der Waals surface area contributed by atoms with Crippen molar-refractivity contribution in [2.45, 2.75) is 61.5 Å². The second-order valence-electron chi connectivity index (χ2n) is 6.69. The molecular weight excluding hydrogens is 339 g/mol. The van der Waals surface area contributed by atoms with E-state index in [0.717, 1.165) is 48.8 Å². The number of hydrogen-bond donors (Lipinski definition) is 1. The molecule has 2 aromatic rings. The number of nitrogens with one attached hydrogen (secondary N) is 1. The Bertz CT molecular complexity index is 768. The lowest BCUT2D eigenvalue weighted by Crippen LogP contribution is -2.30. The molecule has 1 N–H and O–H groups in total. The quantitative estimate of drug-likeness (QED) is 0.769. The second-order valence-corrected chi connectivity index (χ2v) is 7.76. The van der Waals surface area contributed by atoms with E-state index in [9.17, 15) is 9.18 Å². The van der Waals surface area contributed by atoms with Gasteiger partial charge in [-0.05, 0) is 50.3 Å². The molecule has 1 unspecified atom stereocenters. The van der Waals surface area contributed by atoms with Crippen LogP contribution >= 0.6 is 11.8 Å². The molecule has 2 saturated carbocycles. The molecular formula is C18H21FN4OS. The minimum atomic E-state index is -0.456. The summed E-state index contributed by atoms with van der Waals surface area (Å²) in [5.74, 6) is 1.18. The zero-order chi connectivity index (χ0) is 17.4. The van der Waals surface area contributed by atoms with E-state index in [4.69, 9.17) is 0 Å². The maximum atomic E-state index is 13.3. The molecule has 0 aliphatic heterocycles. The van der Waals surface area contributed by atoms with E-state index in [2.05, 4.69) is 27.0 Å². The summed E-state index contributed by atoms with van der Waals surface area (Å²) in [7, 11) is 0. The highest BCUT2D eigenvalue weighted by Gasteiger charge is 2.33. The molecule has 2 aliphatic rings. The maximum absolute atomic E-state index is 13.3. The third-order valence-corrected chi connectivity index (χ3v) is 5.80. The van der Waals surface area contributed by atoms with E-state index in [-0.39, 0.29) is 17.8 Å². The first-order valence-electron chi connectivity index (χ1n) is 8.81. The van der Waals surface area contributed by atoms with Gasteiger partial charge in [0.2, 0.25) is 5.91 Å². The van der Waals surface area contributed by atoms with Gasteiger partial charge in [-0.25, -0.2) is 4.39 Å². The molecule has 2 fully saturated rings. The summed E-state index contributed by atoms with van der Waals surface area (Å²) in [6.07, 6.45) is 4.38. The van der Waals surface area contributed by atoms with Crippen LogP contribution in [0.4, 0.5) is 4.39 Å². The van der Waals surface area contributed by atoms with Crippen molar-refractivity contribution < 1.29 is 9.18 Å². The van der Waals surface area contributed by atoms with Gasteiger partial charge in [-0.3, -0.25) is 4.79 Å². The standard InChI is InChI=1S/C18H21FN4OS/c1-2-23-16(12-3-4-12)21-22-18(23)25-15(17(24)20-14-9-10-14)11-5-7-13(19)8-6-11/h5-8,12,14-15H,2-4,9-10H2,1H3,(H,20,24). The van der Waals surface area contributed by atoms with Crippen LogP contribution in [-0.2, 0) is 11.3 Å². The number of carbonyl (C=O) groups is 1. The number of thioether (sulfide) groups is 1. The third kappa shape index (κ3) is 3.71. The van der Waals surface area contributed by atoms with Gasteiger partial charge >= 0.3 is 0 Å². The minimum Gasteiger partial charge on any atom is -0.352 e. The average molecular weight is 360 g/mol. The summed E-state index contributed by atoms with van der Waals surface area (Å²) in [6.45, 7) is 2.85. The molecule has 132 valence electrons. The maximum Gasteiger partial charge on any atom is 0.238 e. The van der Waals surface area contributed by atoms with Crippen LogP contribution in [0.15, 0.2) is 29.4 Å². The molecule has 5 nitrogen and oxygen atoms in total. The normalized spacial score (nSPS) is 18.2. The van der Waals surface area contributed by atoms with Crippen LogP contribution in [0, 0.1) is 5.82 Å². The van der Waals surface area contributed by atoms with Crippen molar-refractivity contribution in [3.63, 3.8) is 0 Å². The van der Waals surface area contributed by atoms with Crippen molar-refractivity contribution in [1.82, 2.24) is 20.1 Å². The van der Waals surface area contributed by atoms with E-state index in [1.807, 2.05) is 0 Å². The van der Waals surface area contributed by atoms with E-state index in [1.54, 1.807) is 12.1 Å². The summed E-state index contributed by atoms with van der Waals surface area (Å²) in [5, 5.41) is 12.0.